The Morgan fingerprint density at radius 1 is 0.557 bits per heavy atom. The highest BCUT2D eigenvalue weighted by Crippen LogP contribution is 2.39. The minimum atomic E-state index is -3.92. The molecule has 8 aromatic rings. The molecule has 0 saturated heterocycles. The summed E-state index contributed by atoms with van der Waals surface area (Å²) in [6.45, 7) is 6.46. The lowest BCUT2D eigenvalue weighted by atomic mass is 10.2. The molecule has 0 aliphatic heterocycles. The minimum Gasteiger partial charge on any atom is -0.494 e. The Morgan fingerprint density at radius 3 is 1.17 bits per heavy atom. The lowest BCUT2D eigenvalue weighted by molar-refractivity contribution is 0.171. The van der Waals surface area contributed by atoms with Gasteiger partial charge in [-0.15, -0.1) is 20.4 Å². The van der Waals surface area contributed by atoms with Gasteiger partial charge >= 0.3 is 0 Å². The summed E-state index contributed by atoms with van der Waals surface area (Å²) in [6, 6.07) is 17.4. The lowest BCUT2D eigenvalue weighted by Crippen LogP contribution is -2.28. The molecule has 8 rings (SSSR count). The van der Waals surface area contributed by atoms with Gasteiger partial charge in [0.1, 0.15) is 69.6 Å². The second-order valence-corrected chi connectivity index (χ2v) is 21.0. The molecule has 4 atom stereocenters. The molecule has 2 aromatic carbocycles. The first-order valence-electron chi connectivity index (χ1n) is 21.5. The van der Waals surface area contributed by atoms with Gasteiger partial charge in [0.15, 0.2) is 42.8 Å². The number of benzene rings is 2. The lowest BCUT2D eigenvalue weighted by Gasteiger charge is -2.19. The third-order valence-electron chi connectivity index (χ3n) is 11.4. The molecule has 0 radical (unpaired) electrons. The first-order chi connectivity index (χ1) is 33.3. The number of para-hydroxylation sites is 2. The quantitative estimate of drug-likeness (QED) is 0.111. The Hall–Kier alpha value is -7.28. The highest BCUT2D eigenvalue weighted by Gasteiger charge is 2.36. The van der Waals surface area contributed by atoms with Crippen LogP contribution in [0.4, 0.5) is 0 Å². The molecule has 2 N–H and O–H groups in total. The van der Waals surface area contributed by atoms with Crippen LogP contribution in [0.2, 0.25) is 0 Å². The highest BCUT2D eigenvalue weighted by atomic mass is 32.2. The zero-order valence-corrected chi connectivity index (χ0v) is 41.7. The van der Waals surface area contributed by atoms with E-state index in [2.05, 4.69) is 30.4 Å². The van der Waals surface area contributed by atoms with Crippen LogP contribution in [-0.2, 0) is 45.3 Å². The van der Waals surface area contributed by atoms with E-state index < -0.39 is 53.9 Å². The van der Waals surface area contributed by atoms with Crippen LogP contribution in [0.15, 0.2) is 94.5 Å². The molecule has 0 bridgehead atoms. The molecule has 372 valence electrons. The van der Waals surface area contributed by atoms with Crippen molar-refractivity contribution < 1.29 is 54.8 Å². The summed E-state index contributed by atoms with van der Waals surface area (Å²) < 4.78 is 93.7. The van der Waals surface area contributed by atoms with Gasteiger partial charge in [-0.25, -0.2) is 26.8 Å². The third-order valence-corrected chi connectivity index (χ3v) is 15.5. The summed E-state index contributed by atoms with van der Waals surface area (Å²) in [7, 11) is 1.64. The van der Waals surface area contributed by atoms with Crippen molar-refractivity contribution in [3.8, 4) is 57.5 Å². The number of furan rings is 2. The molecule has 70 heavy (non-hydrogen) atoms. The summed E-state index contributed by atoms with van der Waals surface area (Å²) in [5, 5.41) is 36.0. The zero-order chi connectivity index (χ0) is 50.7. The molecule has 6 heterocycles. The van der Waals surface area contributed by atoms with Crippen LogP contribution in [-0.4, -0.2) is 115 Å². The van der Waals surface area contributed by atoms with Crippen LogP contribution >= 0.6 is 0 Å². The van der Waals surface area contributed by atoms with Crippen LogP contribution in [0, 0.1) is 13.8 Å². The predicted octanol–water partition coefficient (Wildman–Crippen LogP) is 5.25. The predicted molar refractivity (Wildman–Crippen MR) is 254 cm³/mol. The molecule has 0 unspecified atom stereocenters. The molecule has 24 heteroatoms. The van der Waals surface area contributed by atoms with Crippen molar-refractivity contribution in [2.45, 2.75) is 61.9 Å². The molecule has 0 saturated carbocycles. The topological polar surface area (TPSA) is 269 Å². The number of aliphatic hydroxyl groups excluding tert-OH is 2. The summed E-state index contributed by atoms with van der Waals surface area (Å²) in [4.78, 5) is 8.17. The Morgan fingerprint density at radius 2 is 0.900 bits per heavy atom. The number of nitrogens with zero attached hydrogens (tertiary/aromatic N) is 10. The number of aryl methyl sites for hydroxylation is 4. The van der Waals surface area contributed by atoms with Gasteiger partial charge in [-0.3, -0.25) is 9.13 Å². The molecular weight excluding hydrogens is 949 g/mol. The van der Waals surface area contributed by atoms with Crippen molar-refractivity contribution in [2.24, 2.45) is 14.1 Å². The third kappa shape index (κ3) is 10.3. The summed E-state index contributed by atoms with van der Waals surface area (Å²) in [5.41, 5.74) is 1.38. The second-order valence-electron chi connectivity index (χ2n) is 16.2. The van der Waals surface area contributed by atoms with Crippen molar-refractivity contribution in [1.29, 1.82) is 0 Å². The van der Waals surface area contributed by atoms with Gasteiger partial charge in [-0.2, -0.15) is 0 Å². The fourth-order valence-electron chi connectivity index (χ4n) is 7.49. The second kappa shape index (κ2) is 20.8. The maximum Gasteiger partial charge on any atom is 0.204 e. The van der Waals surface area contributed by atoms with Crippen molar-refractivity contribution in [2.75, 3.05) is 28.4 Å². The number of sulfone groups is 2. The molecule has 22 nitrogen and oxygen atoms in total. The van der Waals surface area contributed by atoms with E-state index in [-0.39, 0.29) is 34.7 Å². The van der Waals surface area contributed by atoms with E-state index in [1.807, 2.05) is 0 Å². The Bertz CT molecular complexity index is 3050. The monoisotopic (exact) mass is 1000 g/mol. The van der Waals surface area contributed by atoms with Gasteiger partial charge in [0.2, 0.25) is 11.6 Å². The number of hydrogen-bond donors (Lipinski definition) is 2. The number of hydrogen-bond acceptors (Lipinski definition) is 18. The van der Waals surface area contributed by atoms with E-state index in [1.54, 1.807) is 119 Å². The van der Waals surface area contributed by atoms with Crippen molar-refractivity contribution in [3.05, 3.63) is 120 Å². The van der Waals surface area contributed by atoms with Crippen LogP contribution in [0.5, 0.6) is 23.0 Å². The fraction of sp³-hybridized carbons (Fsp3) is 0.348. The molecule has 0 aliphatic rings. The Kier molecular flexibility index (Phi) is 15.0. The average molecular weight is 1000 g/mol. The Labute approximate surface area is 403 Å². The van der Waals surface area contributed by atoms with Crippen molar-refractivity contribution in [1.82, 2.24) is 48.6 Å². The van der Waals surface area contributed by atoms with Gasteiger partial charge < -0.3 is 47.1 Å². The average Bonchev–Trinajstić information content (AvgIpc) is 4.23. The maximum absolute atomic E-state index is 13.4. The smallest absolute Gasteiger partial charge is 0.204 e. The number of aromatic nitrogens is 10. The summed E-state index contributed by atoms with van der Waals surface area (Å²) in [5.74, 6) is 3.57. The van der Waals surface area contributed by atoms with E-state index in [0.717, 1.165) is 0 Å². The fourth-order valence-corrected chi connectivity index (χ4v) is 10.2. The number of imidazole rings is 2. The van der Waals surface area contributed by atoms with E-state index in [4.69, 9.17) is 27.8 Å². The van der Waals surface area contributed by atoms with Crippen molar-refractivity contribution >= 4 is 19.7 Å². The number of rotatable bonds is 18. The molecule has 0 spiro atoms. The van der Waals surface area contributed by atoms with Gasteiger partial charge in [-0.1, -0.05) is 12.1 Å². The number of aliphatic hydroxyl groups is 2. The van der Waals surface area contributed by atoms with Gasteiger partial charge in [0.05, 0.1) is 63.0 Å². The van der Waals surface area contributed by atoms with Crippen LogP contribution in [0.1, 0.15) is 60.6 Å². The van der Waals surface area contributed by atoms with Crippen LogP contribution in [0.3, 0.4) is 0 Å². The summed E-state index contributed by atoms with van der Waals surface area (Å²) >= 11 is 0. The van der Waals surface area contributed by atoms with Gasteiger partial charge in [-0.05, 0) is 76.2 Å². The Balaban J connectivity index is 0.000000206. The molecule has 6 aromatic heterocycles. The van der Waals surface area contributed by atoms with Crippen LogP contribution < -0.4 is 18.9 Å². The first-order valence-corrected chi connectivity index (χ1v) is 24.9. The summed E-state index contributed by atoms with van der Waals surface area (Å²) in [6.07, 6.45) is 3.53. The normalized spacial score (nSPS) is 13.5. The van der Waals surface area contributed by atoms with Crippen LogP contribution in [0.25, 0.3) is 34.5 Å². The zero-order valence-electron chi connectivity index (χ0n) is 40.1. The number of methoxy groups -OCH3 is 4. The van der Waals surface area contributed by atoms with E-state index in [9.17, 15) is 27.0 Å². The first kappa shape index (κ1) is 50.6. The standard InChI is InChI=1S/2C23H27N5O6S/c2*1-14-9-10-19(34-14)23-26-25-20(28(23)21-17(32-4)7-6-8-18(21)33-5)12-35(30,31)15(2)22(29)16-11-27(3)13-24-16/h2*6-11,13,15,22,29H,12H2,1-5H3/t2*15-,22-/m10/s1. The van der Waals surface area contributed by atoms with E-state index in [0.29, 0.717) is 57.4 Å². The number of ether oxygens (including phenoxy) is 4. The van der Waals surface area contributed by atoms with E-state index >= 15 is 0 Å². The van der Waals surface area contributed by atoms with Gasteiger partial charge in [0, 0.05) is 26.5 Å². The molecular formula is C46H54N10O12S2. The molecule has 0 amide bonds. The SMILES string of the molecule is COc1cccc(OC)c1-n1c(CS(=O)(=O)[C@@H](C)[C@H](O)c2cn(C)cn2)nnc1-c1ccc(C)o1.COc1cccc(OC)c1-n1c(CS(=O)(=O)[C@H](C)[C@@H](O)c2cn(C)cn2)nnc1-c1ccc(C)o1. The van der Waals surface area contributed by atoms with Gasteiger partial charge in [0.25, 0.3) is 0 Å². The van der Waals surface area contributed by atoms with Crippen molar-refractivity contribution in [3.63, 3.8) is 0 Å². The molecule has 0 fully saturated rings. The largest absolute Gasteiger partial charge is 0.494 e. The maximum atomic E-state index is 13.4. The van der Waals surface area contributed by atoms with E-state index in [1.165, 1.54) is 54.9 Å². The minimum absolute atomic E-state index is 0.108. The highest BCUT2D eigenvalue weighted by molar-refractivity contribution is 7.91. The molecule has 0 aliphatic carbocycles.